The van der Waals surface area contributed by atoms with Crippen LogP contribution in [-0.4, -0.2) is 4.98 Å². The number of hydrogen-bond donors (Lipinski definition) is 0. The molecule has 0 amide bonds. The molecule has 0 spiro atoms. The fourth-order valence-corrected chi connectivity index (χ4v) is 6.31. The van der Waals surface area contributed by atoms with Crippen molar-refractivity contribution in [1.29, 1.82) is 0 Å². The van der Waals surface area contributed by atoms with Crippen LogP contribution in [0, 0.1) is 0 Å². The molecule has 0 radical (unpaired) electrons. The van der Waals surface area contributed by atoms with E-state index in [1.165, 1.54) is 0 Å². The summed E-state index contributed by atoms with van der Waals surface area (Å²) in [5.41, 5.74) is 1.91. The van der Waals surface area contributed by atoms with Crippen LogP contribution in [0.1, 0.15) is 0 Å². The van der Waals surface area contributed by atoms with E-state index < -0.39 is 7.14 Å². The molecule has 0 aliphatic carbocycles. The zero-order valence-corrected chi connectivity index (χ0v) is 17.5. The highest BCUT2D eigenvalue weighted by Gasteiger charge is 2.30. The van der Waals surface area contributed by atoms with Gasteiger partial charge >= 0.3 is 0 Å². The van der Waals surface area contributed by atoms with Gasteiger partial charge in [-0.15, -0.1) is 0 Å². The summed E-state index contributed by atoms with van der Waals surface area (Å²) < 4.78 is 14.4. The second-order valence-electron chi connectivity index (χ2n) is 6.90. The van der Waals surface area contributed by atoms with E-state index in [1.807, 2.05) is 79.0 Å². The minimum Gasteiger partial charge on any atom is -0.309 e. The first-order valence-corrected chi connectivity index (χ1v) is 11.5. The highest BCUT2D eigenvalue weighted by molar-refractivity contribution is 7.82. The number of benzene rings is 3. The number of allylic oxidation sites excluding steroid dienone is 4. The maximum atomic E-state index is 14.4. The molecular weight excluding hydrogens is 385 g/mol. The quantitative estimate of drug-likeness (QED) is 0.271. The molecule has 0 aliphatic rings. The molecule has 0 saturated carbocycles. The van der Waals surface area contributed by atoms with Crippen LogP contribution in [0.4, 0.5) is 0 Å². The summed E-state index contributed by atoms with van der Waals surface area (Å²) in [4.78, 5) is 4.60. The Hall–Kier alpha value is -3.48. The number of aromatic nitrogens is 1. The lowest BCUT2D eigenvalue weighted by atomic mass is 10.0. The summed E-state index contributed by atoms with van der Waals surface area (Å²) in [5, 5.41) is 4.43. The molecule has 0 N–H and O–H groups in total. The topological polar surface area (TPSA) is 30.0 Å². The van der Waals surface area contributed by atoms with Crippen LogP contribution in [0.2, 0.25) is 0 Å². The van der Waals surface area contributed by atoms with Gasteiger partial charge in [-0.2, -0.15) is 0 Å². The average Bonchev–Trinajstić information content (AvgIpc) is 2.82. The van der Waals surface area contributed by atoms with Crippen molar-refractivity contribution in [2.24, 2.45) is 0 Å². The van der Waals surface area contributed by atoms with E-state index in [4.69, 9.17) is 0 Å². The normalized spacial score (nSPS) is 13.5. The molecule has 1 heterocycles. The molecule has 2 nitrogen and oxygen atoms in total. The number of rotatable bonds is 6. The third-order valence-electron chi connectivity index (χ3n) is 5.16. The maximum Gasteiger partial charge on any atom is 0.170 e. The van der Waals surface area contributed by atoms with E-state index in [0.717, 1.165) is 32.6 Å². The van der Waals surface area contributed by atoms with Crippen LogP contribution in [-0.2, 0) is 4.57 Å². The van der Waals surface area contributed by atoms with Crippen molar-refractivity contribution in [2.45, 2.75) is 0 Å². The molecular formula is C27H22NOP. The highest BCUT2D eigenvalue weighted by Crippen LogP contribution is 2.52. The number of fused-ring (bicyclic) bond motifs is 1. The number of nitrogens with zero attached hydrogens (tertiary/aromatic N) is 1. The van der Waals surface area contributed by atoms with Gasteiger partial charge in [-0.3, -0.25) is 4.98 Å². The Morgan fingerprint density at radius 2 is 1.47 bits per heavy atom. The Morgan fingerprint density at radius 3 is 2.17 bits per heavy atom. The van der Waals surface area contributed by atoms with E-state index in [0.29, 0.717) is 5.31 Å². The molecule has 0 aliphatic heterocycles. The van der Waals surface area contributed by atoms with Crippen LogP contribution in [0.3, 0.4) is 0 Å². The molecule has 146 valence electrons. The molecule has 3 aromatic carbocycles. The molecule has 4 aromatic rings. The Morgan fingerprint density at radius 1 is 0.800 bits per heavy atom. The summed E-state index contributed by atoms with van der Waals surface area (Å²) >= 11 is 0. The van der Waals surface area contributed by atoms with Crippen LogP contribution < -0.4 is 10.6 Å². The molecule has 3 heteroatoms. The third-order valence-corrected chi connectivity index (χ3v) is 8.27. The molecule has 0 fully saturated rings. The van der Waals surface area contributed by atoms with Gasteiger partial charge in [-0.1, -0.05) is 110 Å². The average molecular weight is 407 g/mol. The van der Waals surface area contributed by atoms with Crippen molar-refractivity contribution in [3.8, 4) is 11.3 Å². The van der Waals surface area contributed by atoms with Gasteiger partial charge < -0.3 is 4.57 Å². The fraction of sp³-hybridized carbons (Fsp3) is 0. The Balaban J connectivity index is 1.86. The molecule has 1 aromatic heterocycles. The SMILES string of the molecule is C=C/C=C(\C=C)P(=O)(c1ccccc1)c1ccc(-c2nccc3ccccc23)cc1. The second kappa shape index (κ2) is 8.49. The Kier molecular flexibility index (Phi) is 5.61. The van der Waals surface area contributed by atoms with Crippen molar-refractivity contribution in [1.82, 2.24) is 4.98 Å². The zero-order valence-electron chi connectivity index (χ0n) is 16.6. The van der Waals surface area contributed by atoms with Gasteiger partial charge in [0.2, 0.25) is 0 Å². The first-order valence-electron chi connectivity index (χ1n) is 9.74. The van der Waals surface area contributed by atoms with Crippen LogP contribution >= 0.6 is 7.14 Å². The van der Waals surface area contributed by atoms with Crippen molar-refractivity contribution in [2.75, 3.05) is 0 Å². The van der Waals surface area contributed by atoms with Crippen molar-refractivity contribution in [3.63, 3.8) is 0 Å². The first-order chi connectivity index (χ1) is 14.7. The number of hydrogen-bond acceptors (Lipinski definition) is 2. The van der Waals surface area contributed by atoms with E-state index >= 15 is 0 Å². The Bertz CT molecular complexity index is 1280. The molecule has 0 saturated heterocycles. The van der Waals surface area contributed by atoms with Crippen molar-refractivity contribution < 1.29 is 4.57 Å². The van der Waals surface area contributed by atoms with Gasteiger partial charge in [0.15, 0.2) is 7.14 Å². The smallest absolute Gasteiger partial charge is 0.170 e. The van der Waals surface area contributed by atoms with E-state index in [9.17, 15) is 4.57 Å². The summed E-state index contributed by atoms with van der Waals surface area (Å²) in [6.45, 7) is 7.68. The third kappa shape index (κ3) is 3.47. The van der Waals surface area contributed by atoms with Gasteiger partial charge in [0.1, 0.15) is 0 Å². The van der Waals surface area contributed by atoms with Crippen LogP contribution in [0.5, 0.6) is 0 Å². The molecule has 4 rings (SSSR count). The lowest BCUT2D eigenvalue weighted by Crippen LogP contribution is -2.17. The molecule has 0 bridgehead atoms. The summed E-state index contributed by atoms with van der Waals surface area (Å²) in [6.07, 6.45) is 6.92. The van der Waals surface area contributed by atoms with Gasteiger partial charge in [0.25, 0.3) is 0 Å². The van der Waals surface area contributed by atoms with Gasteiger partial charge in [0, 0.05) is 33.1 Å². The van der Waals surface area contributed by atoms with E-state index in [2.05, 4.69) is 30.3 Å². The lowest BCUT2D eigenvalue weighted by molar-refractivity contribution is 0.591. The zero-order chi connectivity index (χ0) is 21.0. The van der Waals surface area contributed by atoms with Gasteiger partial charge in [0.05, 0.1) is 5.69 Å². The standard InChI is InChI=1S/C27H22NOP/c1-3-10-23(4-2)30(29,24-12-6-5-7-13-24)25-17-15-22(16-18-25)27-26-14-9-8-11-21(26)19-20-28-27/h3-20H,1-2H2/b23-10+. The summed E-state index contributed by atoms with van der Waals surface area (Å²) in [5.74, 6) is 0. The maximum absolute atomic E-state index is 14.4. The minimum absolute atomic E-state index is 0.666. The second-order valence-corrected chi connectivity index (χ2v) is 9.67. The highest BCUT2D eigenvalue weighted by atomic mass is 31.2. The van der Waals surface area contributed by atoms with Crippen molar-refractivity contribution >= 4 is 28.5 Å². The number of pyridine rings is 1. The van der Waals surface area contributed by atoms with Crippen LogP contribution in [0.15, 0.2) is 128 Å². The minimum atomic E-state index is -3.06. The van der Waals surface area contributed by atoms with Crippen LogP contribution in [0.25, 0.3) is 22.0 Å². The molecule has 1 atom stereocenters. The molecule has 1 unspecified atom stereocenters. The largest absolute Gasteiger partial charge is 0.309 e. The van der Waals surface area contributed by atoms with E-state index in [1.54, 1.807) is 18.2 Å². The summed E-state index contributed by atoms with van der Waals surface area (Å²) in [7, 11) is -3.06. The van der Waals surface area contributed by atoms with Crippen molar-refractivity contribution in [3.05, 3.63) is 128 Å². The first kappa shape index (κ1) is 19.8. The van der Waals surface area contributed by atoms with Gasteiger partial charge in [-0.25, -0.2) is 0 Å². The fourth-order valence-electron chi connectivity index (χ4n) is 3.69. The monoisotopic (exact) mass is 407 g/mol. The Labute approximate surface area is 177 Å². The lowest BCUT2D eigenvalue weighted by Gasteiger charge is -2.21. The predicted molar refractivity (Wildman–Crippen MR) is 129 cm³/mol. The summed E-state index contributed by atoms with van der Waals surface area (Å²) in [6, 6.07) is 27.6. The van der Waals surface area contributed by atoms with Gasteiger partial charge in [-0.05, 0) is 11.5 Å². The predicted octanol–water partition coefficient (Wildman–Crippen LogP) is 6.47. The molecule has 30 heavy (non-hydrogen) atoms. The van der Waals surface area contributed by atoms with E-state index in [-0.39, 0.29) is 0 Å².